The van der Waals surface area contributed by atoms with Gasteiger partial charge in [0, 0.05) is 11.7 Å². The average Bonchev–Trinajstić information content (AvgIpc) is 2.47. The predicted octanol–water partition coefficient (Wildman–Crippen LogP) is 4.96. The lowest BCUT2D eigenvalue weighted by atomic mass is 9.84. The topological polar surface area (TPSA) is 35.8 Å². The van der Waals surface area contributed by atoms with Crippen molar-refractivity contribution in [2.24, 2.45) is 5.92 Å². The second kappa shape index (κ2) is 6.38. The van der Waals surface area contributed by atoms with E-state index < -0.39 is 11.7 Å². The molecule has 0 radical (unpaired) electrons. The Morgan fingerprint density at radius 3 is 2.43 bits per heavy atom. The van der Waals surface area contributed by atoms with Crippen LogP contribution in [0.1, 0.15) is 50.2 Å². The van der Waals surface area contributed by atoms with E-state index >= 15 is 0 Å². The number of anilines is 1. The van der Waals surface area contributed by atoms with Crippen molar-refractivity contribution in [1.29, 1.82) is 5.26 Å². The van der Waals surface area contributed by atoms with Crippen LogP contribution in [0.5, 0.6) is 0 Å². The summed E-state index contributed by atoms with van der Waals surface area (Å²) in [6.45, 7) is 2.15. The highest BCUT2D eigenvalue weighted by Crippen LogP contribution is 2.37. The molecule has 21 heavy (non-hydrogen) atoms. The molecule has 0 saturated heterocycles. The van der Waals surface area contributed by atoms with Crippen LogP contribution in [0, 0.1) is 17.2 Å². The largest absolute Gasteiger partial charge is 0.418 e. The summed E-state index contributed by atoms with van der Waals surface area (Å²) >= 11 is 0. The highest BCUT2D eigenvalue weighted by Gasteiger charge is 2.34. The second-order valence-electron chi connectivity index (χ2n) is 5.64. The summed E-state index contributed by atoms with van der Waals surface area (Å²) in [4.78, 5) is 0. The van der Waals surface area contributed by atoms with Crippen LogP contribution in [0.15, 0.2) is 18.2 Å². The summed E-state index contributed by atoms with van der Waals surface area (Å²) in [6, 6.07) is 5.55. The maximum Gasteiger partial charge on any atom is 0.418 e. The van der Waals surface area contributed by atoms with E-state index in [1.807, 2.05) is 0 Å². The molecule has 1 N–H and O–H groups in total. The van der Waals surface area contributed by atoms with Crippen LogP contribution in [0.2, 0.25) is 0 Å². The van der Waals surface area contributed by atoms with Gasteiger partial charge >= 0.3 is 6.18 Å². The molecule has 1 aromatic rings. The third kappa shape index (κ3) is 3.90. The Kier molecular flexibility index (Phi) is 4.76. The number of nitrogens with one attached hydrogen (secondary N) is 1. The first-order chi connectivity index (χ1) is 9.94. The normalized spacial score (nSPS) is 22.6. The van der Waals surface area contributed by atoms with Gasteiger partial charge in [0.15, 0.2) is 0 Å². The maximum atomic E-state index is 13.1. The molecule has 1 aromatic carbocycles. The van der Waals surface area contributed by atoms with E-state index in [1.54, 1.807) is 6.07 Å². The van der Waals surface area contributed by atoms with Crippen molar-refractivity contribution in [3.63, 3.8) is 0 Å². The van der Waals surface area contributed by atoms with E-state index in [-0.39, 0.29) is 17.3 Å². The summed E-state index contributed by atoms with van der Waals surface area (Å²) in [6.07, 6.45) is 0.608. The lowest BCUT2D eigenvalue weighted by Crippen LogP contribution is -2.27. The van der Waals surface area contributed by atoms with Crippen LogP contribution >= 0.6 is 0 Å². The molecule has 1 fully saturated rings. The van der Waals surface area contributed by atoms with Crippen LogP contribution < -0.4 is 5.32 Å². The molecule has 1 aliphatic carbocycles. The molecule has 0 spiro atoms. The number of nitrogens with zero attached hydrogens (tertiary/aromatic N) is 1. The summed E-state index contributed by atoms with van der Waals surface area (Å²) < 4.78 is 39.3. The third-order valence-electron chi connectivity index (χ3n) is 4.24. The van der Waals surface area contributed by atoms with Crippen LogP contribution in [-0.2, 0) is 6.18 Å². The van der Waals surface area contributed by atoms with Gasteiger partial charge in [0.2, 0.25) is 0 Å². The van der Waals surface area contributed by atoms with E-state index in [1.165, 1.54) is 12.1 Å². The molecule has 114 valence electrons. The molecule has 5 heteroatoms. The molecule has 0 unspecified atom stereocenters. The fourth-order valence-corrected chi connectivity index (χ4v) is 2.91. The van der Waals surface area contributed by atoms with Gasteiger partial charge < -0.3 is 5.32 Å². The van der Waals surface area contributed by atoms with Crippen molar-refractivity contribution in [3.05, 3.63) is 29.3 Å². The molecular formula is C16H19F3N2. The van der Waals surface area contributed by atoms with Gasteiger partial charge in [-0.3, -0.25) is 0 Å². The van der Waals surface area contributed by atoms with Crippen molar-refractivity contribution in [1.82, 2.24) is 0 Å². The third-order valence-corrected chi connectivity index (χ3v) is 4.24. The second-order valence-corrected chi connectivity index (χ2v) is 5.64. The molecule has 0 bridgehead atoms. The zero-order valence-corrected chi connectivity index (χ0v) is 12.0. The summed E-state index contributed by atoms with van der Waals surface area (Å²) in [5.41, 5.74) is -0.636. The van der Waals surface area contributed by atoms with Gasteiger partial charge in [-0.2, -0.15) is 18.4 Å². The highest BCUT2D eigenvalue weighted by molar-refractivity contribution is 5.56. The number of benzene rings is 1. The smallest absolute Gasteiger partial charge is 0.382 e. The van der Waals surface area contributed by atoms with Crippen LogP contribution in [0.3, 0.4) is 0 Å². The van der Waals surface area contributed by atoms with E-state index in [2.05, 4.69) is 12.2 Å². The van der Waals surface area contributed by atoms with Gasteiger partial charge in [-0.1, -0.05) is 13.3 Å². The Hall–Kier alpha value is -1.70. The first-order valence-electron chi connectivity index (χ1n) is 7.32. The Morgan fingerprint density at radius 1 is 1.24 bits per heavy atom. The van der Waals surface area contributed by atoms with Gasteiger partial charge in [-0.05, 0) is 49.8 Å². The summed E-state index contributed by atoms with van der Waals surface area (Å²) in [7, 11) is 0. The average molecular weight is 296 g/mol. The van der Waals surface area contributed by atoms with E-state index in [9.17, 15) is 13.2 Å². The SMILES string of the molecule is CCC1CCC(Nc2ccc(C#N)cc2C(F)(F)F)CC1. The number of nitriles is 1. The van der Waals surface area contributed by atoms with Gasteiger partial charge in [-0.25, -0.2) is 0 Å². The number of alkyl halides is 3. The Labute approximate surface area is 123 Å². The minimum Gasteiger partial charge on any atom is -0.382 e. The molecule has 0 aromatic heterocycles. The van der Waals surface area contributed by atoms with Gasteiger partial charge in [0.05, 0.1) is 17.2 Å². The summed E-state index contributed by atoms with van der Waals surface area (Å²) in [5.74, 6) is 0.700. The van der Waals surface area contributed by atoms with Crippen molar-refractivity contribution in [2.75, 3.05) is 5.32 Å². The van der Waals surface area contributed by atoms with Gasteiger partial charge in [0.25, 0.3) is 0 Å². The monoisotopic (exact) mass is 296 g/mol. The molecule has 1 saturated carbocycles. The standard InChI is InChI=1S/C16H19F3N2/c1-2-11-3-6-13(7-4-11)21-15-8-5-12(10-20)9-14(15)16(17,18)19/h5,8-9,11,13,21H,2-4,6-7H2,1H3. The fraction of sp³-hybridized carbons (Fsp3) is 0.562. The first kappa shape index (κ1) is 15.7. The Balaban J connectivity index is 2.15. The molecule has 1 aliphatic rings. The Bertz CT molecular complexity index is 523. The molecule has 2 nitrogen and oxygen atoms in total. The molecule has 2 rings (SSSR count). The number of hydrogen-bond donors (Lipinski definition) is 1. The lowest BCUT2D eigenvalue weighted by Gasteiger charge is -2.30. The fourth-order valence-electron chi connectivity index (χ4n) is 2.91. The lowest BCUT2D eigenvalue weighted by molar-refractivity contribution is -0.137. The van der Waals surface area contributed by atoms with E-state index in [0.29, 0.717) is 5.92 Å². The van der Waals surface area contributed by atoms with Crippen LogP contribution in [0.25, 0.3) is 0 Å². The molecular weight excluding hydrogens is 277 g/mol. The van der Waals surface area contributed by atoms with Gasteiger partial charge in [0.1, 0.15) is 0 Å². The molecule has 0 amide bonds. The first-order valence-corrected chi connectivity index (χ1v) is 7.32. The quantitative estimate of drug-likeness (QED) is 0.856. The molecule has 0 atom stereocenters. The molecule has 0 aliphatic heterocycles. The van der Waals surface area contributed by atoms with Crippen LogP contribution in [-0.4, -0.2) is 6.04 Å². The zero-order valence-electron chi connectivity index (χ0n) is 12.0. The molecule has 0 heterocycles. The van der Waals surface area contributed by atoms with Gasteiger partial charge in [-0.15, -0.1) is 0 Å². The van der Waals surface area contributed by atoms with Crippen molar-refractivity contribution in [2.45, 2.75) is 51.2 Å². The van der Waals surface area contributed by atoms with Crippen LogP contribution in [0.4, 0.5) is 18.9 Å². The van der Waals surface area contributed by atoms with Crippen molar-refractivity contribution >= 4 is 5.69 Å². The number of hydrogen-bond acceptors (Lipinski definition) is 2. The van der Waals surface area contributed by atoms with E-state index in [0.717, 1.165) is 38.2 Å². The predicted molar refractivity (Wildman–Crippen MR) is 75.8 cm³/mol. The minimum absolute atomic E-state index is 0.0302. The van der Waals surface area contributed by atoms with E-state index in [4.69, 9.17) is 5.26 Å². The highest BCUT2D eigenvalue weighted by atomic mass is 19.4. The Morgan fingerprint density at radius 2 is 1.90 bits per heavy atom. The number of rotatable bonds is 3. The maximum absolute atomic E-state index is 13.1. The summed E-state index contributed by atoms with van der Waals surface area (Å²) in [5, 5.41) is 11.8. The van der Waals surface area contributed by atoms with Crippen molar-refractivity contribution in [3.8, 4) is 6.07 Å². The number of halogens is 3. The van der Waals surface area contributed by atoms with Crippen molar-refractivity contribution < 1.29 is 13.2 Å². The minimum atomic E-state index is -4.45. The zero-order chi connectivity index (χ0) is 15.5.